The molecule has 0 aliphatic carbocycles. The summed E-state index contributed by atoms with van der Waals surface area (Å²) in [6.45, 7) is 2.55. The van der Waals surface area contributed by atoms with E-state index in [1.54, 1.807) is 16.0 Å². The molecule has 24 heavy (non-hydrogen) atoms. The highest BCUT2D eigenvalue weighted by molar-refractivity contribution is 7.09. The van der Waals surface area contributed by atoms with Gasteiger partial charge in [-0.3, -0.25) is 9.48 Å². The third-order valence-electron chi connectivity index (χ3n) is 3.53. The van der Waals surface area contributed by atoms with E-state index in [0.717, 1.165) is 17.8 Å². The summed E-state index contributed by atoms with van der Waals surface area (Å²) in [5.41, 5.74) is 1.66. The Balaban J connectivity index is 1.46. The van der Waals surface area contributed by atoms with Crippen molar-refractivity contribution in [3.05, 3.63) is 40.0 Å². The molecule has 1 amide bonds. The van der Waals surface area contributed by atoms with Crippen LogP contribution in [-0.2, 0) is 24.7 Å². The lowest BCUT2D eigenvalue weighted by Crippen LogP contribution is -2.25. The minimum absolute atomic E-state index is 0.0114. The summed E-state index contributed by atoms with van der Waals surface area (Å²) in [5.74, 6) is 0.867. The van der Waals surface area contributed by atoms with Gasteiger partial charge in [-0.2, -0.15) is 5.10 Å². The van der Waals surface area contributed by atoms with Gasteiger partial charge in [-0.25, -0.2) is 0 Å². The SMILES string of the molecule is Cc1cc(-c2nnc(CCC(=O)NCCc3cccs3)o2)n(C)n1. The van der Waals surface area contributed by atoms with E-state index in [1.807, 2.05) is 31.5 Å². The smallest absolute Gasteiger partial charge is 0.265 e. The summed E-state index contributed by atoms with van der Waals surface area (Å²) in [5, 5.41) is 17.2. The van der Waals surface area contributed by atoms with Crippen LogP contribution in [0.3, 0.4) is 0 Å². The summed E-state index contributed by atoms with van der Waals surface area (Å²) >= 11 is 1.70. The molecule has 3 aromatic rings. The van der Waals surface area contributed by atoms with E-state index < -0.39 is 0 Å². The Morgan fingerprint density at radius 3 is 2.96 bits per heavy atom. The second-order valence-electron chi connectivity index (χ2n) is 5.47. The monoisotopic (exact) mass is 345 g/mol. The fourth-order valence-electron chi connectivity index (χ4n) is 2.36. The van der Waals surface area contributed by atoms with Crippen molar-refractivity contribution in [3.63, 3.8) is 0 Å². The quantitative estimate of drug-likeness (QED) is 0.709. The topological polar surface area (TPSA) is 85.8 Å². The van der Waals surface area contributed by atoms with Gasteiger partial charge in [-0.1, -0.05) is 6.07 Å². The Bertz CT molecular complexity index is 806. The molecule has 8 heteroatoms. The normalized spacial score (nSPS) is 10.9. The standard InChI is InChI=1S/C16H19N5O2S/c1-11-10-13(21(2)20-11)16-19-18-15(23-16)6-5-14(22)17-8-7-12-4-3-9-24-12/h3-4,9-10H,5-8H2,1-2H3,(H,17,22). The first-order valence-electron chi connectivity index (χ1n) is 7.74. The van der Waals surface area contributed by atoms with Crippen molar-refractivity contribution >= 4 is 17.2 Å². The van der Waals surface area contributed by atoms with E-state index >= 15 is 0 Å². The molecule has 3 aromatic heterocycles. The van der Waals surface area contributed by atoms with Crippen LogP contribution in [0.5, 0.6) is 0 Å². The molecule has 0 aromatic carbocycles. The molecule has 0 bridgehead atoms. The number of thiophene rings is 1. The zero-order valence-corrected chi connectivity index (χ0v) is 14.5. The maximum Gasteiger partial charge on any atom is 0.265 e. The van der Waals surface area contributed by atoms with Crippen molar-refractivity contribution in [2.75, 3.05) is 6.54 Å². The van der Waals surface area contributed by atoms with Crippen molar-refractivity contribution in [1.29, 1.82) is 0 Å². The number of aromatic nitrogens is 4. The van der Waals surface area contributed by atoms with Gasteiger partial charge in [-0.15, -0.1) is 21.5 Å². The van der Waals surface area contributed by atoms with Crippen molar-refractivity contribution in [2.24, 2.45) is 7.05 Å². The van der Waals surface area contributed by atoms with Gasteiger partial charge in [0.2, 0.25) is 11.8 Å². The fourth-order valence-corrected chi connectivity index (χ4v) is 3.07. The van der Waals surface area contributed by atoms with Gasteiger partial charge in [0.05, 0.1) is 5.69 Å². The first-order valence-corrected chi connectivity index (χ1v) is 8.62. The Morgan fingerprint density at radius 2 is 2.25 bits per heavy atom. The number of nitrogens with zero attached hydrogens (tertiary/aromatic N) is 4. The van der Waals surface area contributed by atoms with Gasteiger partial charge >= 0.3 is 0 Å². The third-order valence-corrected chi connectivity index (χ3v) is 4.46. The van der Waals surface area contributed by atoms with E-state index in [4.69, 9.17) is 4.42 Å². The number of hydrogen-bond donors (Lipinski definition) is 1. The summed E-state index contributed by atoms with van der Waals surface area (Å²) in [6.07, 6.45) is 1.61. The molecular weight excluding hydrogens is 326 g/mol. The van der Waals surface area contributed by atoms with Crippen LogP contribution in [0.4, 0.5) is 0 Å². The molecule has 1 N–H and O–H groups in total. The highest BCUT2D eigenvalue weighted by Gasteiger charge is 2.14. The van der Waals surface area contributed by atoms with Crippen LogP contribution in [0.2, 0.25) is 0 Å². The van der Waals surface area contributed by atoms with Gasteiger partial charge in [0.25, 0.3) is 5.89 Å². The van der Waals surface area contributed by atoms with Crippen LogP contribution in [0.1, 0.15) is 22.9 Å². The van der Waals surface area contributed by atoms with E-state index in [1.165, 1.54) is 4.88 Å². The van der Waals surface area contributed by atoms with Gasteiger partial charge < -0.3 is 9.73 Å². The minimum atomic E-state index is -0.0114. The zero-order valence-electron chi connectivity index (χ0n) is 13.7. The Hall–Kier alpha value is -2.48. The van der Waals surface area contributed by atoms with Crippen molar-refractivity contribution in [3.8, 4) is 11.6 Å². The summed E-state index contributed by atoms with van der Waals surface area (Å²) in [4.78, 5) is 13.1. The largest absolute Gasteiger partial charge is 0.419 e. The lowest BCUT2D eigenvalue weighted by atomic mass is 10.3. The van der Waals surface area contributed by atoms with Crippen molar-refractivity contribution < 1.29 is 9.21 Å². The van der Waals surface area contributed by atoms with Gasteiger partial charge in [0.1, 0.15) is 5.69 Å². The van der Waals surface area contributed by atoms with Gasteiger partial charge in [-0.05, 0) is 30.9 Å². The molecule has 3 heterocycles. The first kappa shape index (κ1) is 16.4. The molecule has 0 unspecified atom stereocenters. The highest BCUT2D eigenvalue weighted by Crippen LogP contribution is 2.18. The van der Waals surface area contributed by atoms with Crippen LogP contribution < -0.4 is 5.32 Å². The van der Waals surface area contributed by atoms with Crippen LogP contribution in [0.25, 0.3) is 11.6 Å². The number of carbonyl (C=O) groups is 1. The Morgan fingerprint density at radius 1 is 1.38 bits per heavy atom. The first-order chi connectivity index (χ1) is 11.6. The van der Waals surface area contributed by atoms with Crippen LogP contribution in [-0.4, -0.2) is 32.4 Å². The molecule has 3 rings (SSSR count). The van der Waals surface area contributed by atoms with E-state index in [2.05, 4.69) is 26.7 Å². The fraction of sp³-hybridized carbons (Fsp3) is 0.375. The number of amides is 1. The average molecular weight is 345 g/mol. The predicted molar refractivity (Wildman–Crippen MR) is 90.6 cm³/mol. The molecule has 0 spiro atoms. The molecular formula is C16H19N5O2S. The predicted octanol–water partition coefficient (Wildman–Crippen LogP) is 2.13. The summed E-state index contributed by atoms with van der Waals surface area (Å²) in [7, 11) is 1.83. The van der Waals surface area contributed by atoms with Gasteiger partial charge in [0.15, 0.2) is 0 Å². The number of aryl methyl sites for hydroxylation is 3. The molecule has 0 fully saturated rings. The summed E-state index contributed by atoms with van der Waals surface area (Å²) in [6, 6.07) is 5.96. The van der Waals surface area contributed by atoms with Gasteiger partial charge in [0, 0.05) is 31.3 Å². The van der Waals surface area contributed by atoms with Crippen molar-refractivity contribution in [2.45, 2.75) is 26.2 Å². The molecule has 0 saturated carbocycles. The molecule has 0 aliphatic rings. The molecule has 7 nitrogen and oxygen atoms in total. The Kier molecular flexibility index (Phi) is 5.05. The second kappa shape index (κ2) is 7.39. The minimum Gasteiger partial charge on any atom is -0.419 e. The number of rotatable bonds is 7. The maximum absolute atomic E-state index is 11.9. The molecule has 0 aliphatic heterocycles. The van der Waals surface area contributed by atoms with E-state index in [9.17, 15) is 4.79 Å². The molecule has 0 saturated heterocycles. The van der Waals surface area contributed by atoms with E-state index in [-0.39, 0.29) is 5.91 Å². The summed E-state index contributed by atoms with van der Waals surface area (Å²) < 4.78 is 7.31. The zero-order chi connectivity index (χ0) is 16.9. The number of hydrogen-bond acceptors (Lipinski definition) is 6. The maximum atomic E-state index is 11.9. The molecule has 0 radical (unpaired) electrons. The van der Waals surface area contributed by atoms with Crippen LogP contribution >= 0.6 is 11.3 Å². The second-order valence-corrected chi connectivity index (χ2v) is 6.51. The van der Waals surface area contributed by atoms with E-state index in [0.29, 0.717) is 31.2 Å². The molecule has 0 atom stereocenters. The lowest BCUT2D eigenvalue weighted by molar-refractivity contribution is -0.121. The average Bonchev–Trinajstić information content (AvgIpc) is 3.27. The highest BCUT2D eigenvalue weighted by atomic mass is 32.1. The Labute approximate surface area is 143 Å². The molecule has 126 valence electrons. The number of nitrogens with one attached hydrogen (secondary N) is 1. The third kappa shape index (κ3) is 4.08. The van der Waals surface area contributed by atoms with Crippen molar-refractivity contribution in [1.82, 2.24) is 25.3 Å². The van der Waals surface area contributed by atoms with Crippen LogP contribution in [0, 0.1) is 6.92 Å². The lowest BCUT2D eigenvalue weighted by Gasteiger charge is -2.02. The number of carbonyl (C=O) groups excluding carboxylic acids is 1. The van der Waals surface area contributed by atoms with Crippen LogP contribution in [0.15, 0.2) is 28.0 Å².